The van der Waals surface area contributed by atoms with Crippen LogP contribution in [0.25, 0.3) is 6.08 Å². The van der Waals surface area contributed by atoms with E-state index in [-0.39, 0.29) is 6.61 Å². The molecule has 1 rings (SSSR count). The first-order valence-corrected chi connectivity index (χ1v) is 4.47. The number of rotatable bonds is 2. The van der Waals surface area contributed by atoms with E-state index in [1.165, 1.54) is 17.0 Å². The van der Waals surface area contributed by atoms with Crippen molar-refractivity contribution in [3.63, 3.8) is 0 Å². The second-order valence-corrected chi connectivity index (χ2v) is 3.53. The quantitative estimate of drug-likeness (QED) is 0.738. The van der Waals surface area contributed by atoms with Crippen molar-refractivity contribution in [3.8, 4) is 0 Å². The second-order valence-electron chi connectivity index (χ2n) is 3.53. The smallest absolute Gasteiger partial charge is 0.0642 e. The zero-order valence-electron chi connectivity index (χ0n) is 8.76. The third kappa shape index (κ3) is 2.01. The normalized spacial score (nSPS) is 12.2. The van der Waals surface area contributed by atoms with Crippen LogP contribution in [0.1, 0.15) is 23.9 Å². The van der Waals surface area contributed by atoms with Crippen LogP contribution >= 0.6 is 0 Å². The van der Waals surface area contributed by atoms with Gasteiger partial charge in [0.05, 0.1) is 6.61 Å². The largest absolute Gasteiger partial charge is 0.392 e. The Labute approximate surface area is 79.5 Å². The Kier molecular flexibility index (Phi) is 2.94. The van der Waals surface area contributed by atoms with E-state index in [1.54, 1.807) is 0 Å². The highest BCUT2D eigenvalue weighted by Gasteiger charge is 2.02. The van der Waals surface area contributed by atoms with Gasteiger partial charge in [-0.25, -0.2) is 0 Å². The fourth-order valence-corrected chi connectivity index (χ4v) is 1.34. The van der Waals surface area contributed by atoms with Gasteiger partial charge in [-0.3, -0.25) is 0 Å². The summed E-state index contributed by atoms with van der Waals surface area (Å²) in [6.45, 7) is 6.23. The van der Waals surface area contributed by atoms with Gasteiger partial charge in [-0.2, -0.15) is 0 Å². The molecule has 1 aromatic rings. The van der Waals surface area contributed by atoms with Crippen molar-refractivity contribution in [3.05, 3.63) is 28.6 Å². The molecule has 0 aliphatic rings. The fraction of sp³-hybridized carbons (Fsp3) is 0.455. The van der Waals surface area contributed by atoms with E-state index in [9.17, 15) is 0 Å². The van der Waals surface area contributed by atoms with Gasteiger partial charge >= 0.3 is 0 Å². The minimum absolute atomic E-state index is 0.132. The predicted molar refractivity (Wildman–Crippen MR) is 55.6 cm³/mol. The fourth-order valence-electron chi connectivity index (χ4n) is 1.34. The van der Waals surface area contributed by atoms with Crippen molar-refractivity contribution in [2.24, 2.45) is 7.05 Å². The van der Waals surface area contributed by atoms with E-state index in [0.717, 1.165) is 5.57 Å². The molecule has 0 saturated carbocycles. The summed E-state index contributed by atoms with van der Waals surface area (Å²) in [6.07, 6.45) is 2.03. The number of aliphatic hydroxyl groups excluding tert-OH is 1. The molecule has 0 atom stereocenters. The summed E-state index contributed by atoms with van der Waals surface area (Å²) >= 11 is 0. The minimum atomic E-state index is 0.132. The first kappa shape index (κ1) is 10.1. The van der Waals surface area contributed by atoms with Crippen molar-refractivity contribution >= 4 is 6.08 Å². The van der Waals surface area contributed by atoms with Crippen LogP contribution in [0, 0.1) is 13.8 Å². The first-order chi connectivity index (χ1) is 6.06. The van der Waals surface area contributed by atoms with Gasteiger partial charge in [-0.1, -0.05) is 6.08 Å². The first-order valence-electron chi connectivity index (χ1n) is 4.47. The molecule has 1 N–H and O–H groups in total. The molecule has 0 radical (unpaired) electrons. The molecule has 0 saturated heterocycles. The van der Waals surface area contributed by atoms with Crippen molar-refractivity contribution < 1.29 is 5.11 Å². The molecule has 0 bridgehead atoms. The van der Waals surface area contributed by atoms with Gasteiger partial charge in [0.2, 0.25) is 0 Å². The highest BCUT2D eigenvalue weighted by Crippen LogP contribution is 2.16. The van der Waals surface area contributed by atoms with Crippen LogP contribution in [0.2, 0.25) is 0 Å². The molecular weight excluding hydrogens is 162 g/mol. The molecule has 0 aromatic carbocycles. The zero-order chi connectivity index (χ0) is 10.0. The van der Waals surface area contributed by atoms with Gasteiger partial charge in [0.25, 0.3) is 0 Å². The topological polar surface area (TPSA) is 25.2 Å². The molecule has 1 heterocycles. The number of aromatic nitrogens is 1. The minimum Gasteiger partial charge on any atom is -0.392 e. The molecule has 0 spiro atoms. The highest BCUT2D eigenvalue weighted by molar-refractivity contribution is 5.56. The monoisotopic (exact) mass is 179 g/mol. The average molecular weight is 179 g/mol. The maximum absolute atomic E-state index is 8.89. The number of hydrogen-bond donors (Lipinski definition) is 1. The Balaban J connectivity index is 3.10. The van der Waals surface area contributed by atoms with Gasteiger partial charge in [-0.05, 0) is 38.0 Å². The Bertz CT molecular complexity index is 334. The van der Waals surface area contributed by atoms with Crippen LogP contribution in [0.15, 0.2) is 11.6 Å². The van der Waals surface area contributed by atoms with E-state index >= 15 is 0 Å². The lowest BCUT2D eigenvalue weighted by molar-refractivity contribution is 0.332. The summed E-state index contributed by atoms with van der Waals surface area (Å²) < 4.78 is 2.15. The van der Waals surface area contributed by atoms with E-state index in [1.807, 2.05) is 13.0 Å². The molecule has 0 unspecified atom stereocenters. The zero-order valence-corrected chi connectivity index (χ0v) is 8.76. The van der Waals surface area contributed by atoms with E-state index in [2.05, 4.69) is 31.5 Å². The van der Waals surface area contributed by atoms with Crippen molar-refractivity contribution in [1.82, 2.24) is 4.57 Å². The third-order valence-corrected chi connectivity index (χ3v) is 2.47. The molecule has 0 amide bonds. The molecule has 0 aliphatic heterocycles. The molecule has 2 nitrogen and oxygen atoms in total. The summed E-state index contributed by atoms with van der Waals surface area (Å²) in [5.74, 6) is 0. The van der Waals surface area contributed by atoms with Gasteiger partial charge in [-0.15, -0.1) is 0 Å². The Morgan fingerprint density at radius 1 is 1.54 bits per heavy atom. The van der Waals surface area contributed by atoms with Crippen molar-refractivity contribution in [1.29, 1.82) is 0 Å². The summed E-state index contributed by atoms with van der Waals surface area (Å²) in [6, 6.07) is 2.13. The summed E-state index contributed by atoms with van der Waals surface area (Å²) in [5.41, 5.74) is 4.68. The summed E-state index contributed by atoms with van der Waals surface area (Å²) in [7, 11) is 2.05. The van der Waals surface area contributed by atoms with E-state index in [0.29, 0.717) is 0 Å². The predicted octanol–water partition coefficient (Wildman–Crippen LogP) is 2.04. The van der Waals surface area contributed by atoms with E-state index < -0.39 is 0 Å². The van der Waals surface area contributed by atoms with Gasteiger partial charge < -0.3 is 9.67 Å². The number of hydrogen-bond acceptors (Lipinski definition) is 1. The number of nitrogens with zero attached hydrogens (tertiary/aromatic N) is 1. The maximum Gasteiger partial charge on any atom is 0.0642 e. The molecule has 72 valence electrons. The lowest BCUT2D eigenvalue weighted by Gasteiger charge is -1.99. The Morgan fingerprint density at radius 2 is 2.15 bits per heavy atom. The molecule has 1 aromatic heterocycles. The molecule has 0 aliphatic carbocycles. The van der Waals surface area contributed by atoms with E-state index in [4.69, 9.17) is 5.11 Å². The van der Waals surface area contributed by atoms with Crippen molar-refractivity contribution in [2.75, 3.05) is 6.61 Å². The SMILES string of the molecule is CC(=Cc1cc(C)n(C)c1C)CO. The van der Waals surface area contributed by atoms with Crippen LogP contribution in [0.3, 0.4) is 0 Å². The van der Waals surface area contributed by atoms with Crippen LogP contribution in [-0.2, 0) is 7.05 Å². The van der Waals surface area contributed by atoms with Crippen LogP contribution < -0.4 is 0 Å². The molecular formula is C11H17NO. The number of aryl methyl sites for hydroxylation is 1. The van der Waals surface area contributed by atoms with Crippen LogP contribution in [0.4, 0.5) is 0 Å². The molecule has 2 heteroatoms. The van der Waals surface area contributed by atoms with Crippen LogP contribution in [0.5, 0.6) is 0 Å². The summed E-state index contributed by atoms with van der Waals surface area (Å²) in [4.78, 5) is 0. The molecule has 0 fully saturated rings. The lowest BCUT2D eigenvalue weighted by Crippen LogP contribution is -1.93. The van der Waals surface area contributed by atoms with Gasteiger partial charge in [0.1, 0.15) is 0 Å². The Morgan fingerprint density at radius 3 is 2.54 bits per heavy atom. The van der Waals surface area contributed by atoms with Crippen LogP contribution in [-0.4, -0.2) is 16.3 Å². The Hall–Kier alpha value is -1.02. The van der Waals surface area contributed by atoms with Crippen molar-refractivity contribution in [2.45, 2.75) is 20.8 Å². The summed E-state index contributed by atoms with van der Waals surface area (Å²) in [5, 5.41) is 8.89. The second kappa shape index (κ2) is 3.79. The number of aliphatic hydroxyl groups is 1. The standard InChI is InChI=1S/C11H17NO/c1-8(7-13)5-11-6-9(2)12(4)10(11)3/h5-6,13H,7H2,1-4H3. The van der Waals surface area contributed by atoms with Gasteiger partial charge in [0, 0.05) is 18.4 Å². The highest BCUT2D eigenvalue weighted by atomic mass is 16.3. The van der Waals surface area contributed by atoms with Gasteiger partial charge in [0.15, 0.2) is 0 Å². The average Bonchev–Trinajstić information content (AvgIpc) is 2.34. The third-order valence-electron chi connectivity index (χ3n) is 2.47. The molecule has 13 heavy (non-hydrogen) atoms. The lowest BCUT2D eigenvalue weighted by atomic mass is 10.2. The maximum atomic E-state index is 8.89.